The number of rotatable bonds is 3. The smallest absolute Gasteiger partial charge is 0.289 e. The molecule has 1 aromatic rings. The molecular weight excluding hydrogens is 258 g/mol. The Kier molecular flexibility index (Phi) is 4.14. The maximum Gasteiger partial charge on any atom is 0.289 e. The molecular formula is C13H13N5O2. The van der Waals surface area contributed by atoms with Gasteiger partial charge in [0.05, 0.1) is 17.5 Å². The second kappa shape index (κ2) is 6.00. The van der Waals surface area contributed by atoms with Gasteiger partial charge in [0.2, 0.25) is 0 Å². The minimum absolute atomic E-state index is 0.0712. The lowest BCUT2D eigenvalue weighted by atomic mass is 10.1. The fourth-order valence-electron chi connectivity index (χ4n) is 2.23. The number of nitro groups is 1. The number of benzene rings is 1. The first-order valence-corrected chi connectivity index (χ1v) is 6.18. The summed E-state index contributed by atoms with van der Waals surface area (Å²) in [6.45, 7) is 3.33. The number of anilines is 1. The zero-order valence-corrected chi connectivity index (χ0v) is 10.8. The number of nitriles is 2. The molecule has 1 aromatic carbocycles. The van der Waals surface area contributed by atoms with Crippen molar-refractivity contribution in [2.45, 2.75) is 0 Å². The van der Waals surface area contributed by atoms with Crippen molar-refractivity contribution in [3.63, 3.8) is 0 Å². The minimum Gasteiger partial charge on any atom is -0.369 e. The average Bonchev–Trinajstić information content (AvgIpc) is 2.47. The number of nitro benzene ring substituents is 1. The fraction of sp³-hybridized carbons (Fsp3) is 0.385. The van der Waals surface area contributed by atoms with Gasteiger partial charge in [0.1, 0.15) is 11.6 Å². The van der Waals surface area contributed by atoms with E-state index in [-0.39, 0.29) is 11.3 Å². The Hall–Kier alpha value is -2.64. The summed E-state index contributed by atoms with van der Waals surface area (Å²) in [4.78, 5) is 14.5. The molecule has 0 unspecified atom stereocenters. The van der Waals surface area contributed by atoms with Gasteiger partial charge in [-0.25, -0.2) is 0 Å². The lowest BCUT2D eigenvalue weighted by molar-refractivity contribution is -0.385. The minimum atomic E-state index is -0.534. The van der Waals surface area contributed by atoms with Crippen LogP contribution in [0.2, 0.25) is 0 Å². The van der Waals surface area contributed by atoms with Crippen molar-refractivity contribution in [2.75, 3.05) is 37.6 Å². The van der Waals surface area contributed by atoms with Crippen LogP contribution in [0.25, 0.3) is 0 Å². The van der Waals surface area contributed by atoms with Crippen molar-refractivity contribution in [2.24, 2.45) is 0 Å². The molecule has 0 radical (unpaired) electrons. The van der Waals surface area contributed by atoms with Gasteiger partial charge in [-0.15, -0.1) is 0 Å². The molecule has 7 heteroatoms. The van der Waals surface area contributed by atoms with Crippen molar-refractivity contribution in [1.29, 1.82) is 10.5 Å². The van der Waals surface area contributed by atoms with Gasteiger partial charge >= 0.3 is 0 Å². The quantitative estimate of drug-likeness (QED) is 0.464. The number of nitrogens with zero attached hydrogens (tertiary/aromatic N) is 5. The summed E-state index contributed by atoms with van der Waals surface area (Å²) in [6.07, 6.45) is 0. The second-order valence-corrected chi connectivity index (χ2v) is 4.49. The van der Waals surface area contributed by atoms with Crippen LogP contribution in [0.5, 0.6) is 0 Å². The van der Waals surface area contributed by atoms with Gasteiger partial charge < -0.3 is 4.90 Å². The van der Waals surface area contributed by atoms with E-state index < -0.39 is 4.92 Å². The van der Waals surface area contributed by atoms with Gasteiger partial charge in [-0.3, -0.25) is 15.0 Å². The van der Waals surface area contributed by atoms with E-state index in [1.54, 1.807) is 6.07 Å². The maximum atomic E-state index is 10.9. The monoisotopic (exact) mass is 271 g/mol. The maximum absolute atomic E-state index is 10.9. The molecule has 0 aromatic heterocycles. The van der Waals surface area contributed by atoms with Crippen molar-refractivity contribution in [3.8, 4) is 12.1 Å². The van der Waals surface area contributed by atoms with Crippen molar-refractivity contribution in [3.05, 3.63) is 33.9 Å². The Morgan fingerprint density at radius 2 is 1.95 bits per heavy atom. The summed E-state index contributed by atoms with van der Waals surface area (Å²) in [5, 5.41) is 28.4. The Morgan fingerprint density at radius 3 is 2.50 bits per heavy atom. The van der Waals surface area contributed by atoms with Crippen molar-refractivity contribution >= 4 is 11.4 Å². The molecule has 0 bridgehead atoms. The highest BCUT2D eigenvalue weighted by molar-refractivity contribution is 5.60. The van der Waals surface area contributed by atoms with Crippen LogP contribution in [-0.4, -0.2) is 42.5 Å². The summed E-state index contributed by atoms with van der Waals surface area (Å²) >= 11 is 0. The Balaban J connectivity index is 2.15. The highest BCUT2D eigenvalue weighted by Crippen LogP contribution is 2.25. The van der Waals surface area contributed by atoms with E-state index in [1.165, 1.54) is 12.1 Å². The summed E-state index contributed by atoms with van der Waals surface area (Å²) in [5.74, 6) is 0. The van der Waals surface area contributed by atoms with Crippen LogP contribution in [0.15, 0.2) is 18.2 Å². The van der Waals surface area contributed by atoms with E-state index in [0.29, 0.717) is 19.6 Å². The van der Waals surface area contributed by atoms with E-state index in [0.717, 1.165) is 18.8 Å². The fourth-order valence-corrected chi connectivity index (χ4v) is 2.23. The molecule has 0 N–H and O–H groups in total. The van der Waals surface area contributed by atoms with E-state index in [1.807, 2.05) is 15.9 Å². The first-order valence-electron chi connectivity index (χ1n) is 6.18. The lowest BCUT2D eigenvalue weighted by Crippen LogP contribution is -2.46. The summed E-state index contributed by atoms with van der Waals surface area (Å²) in [6, 6.07) is 8.59. The highest BCUT2D eigenvalue weighted by atomic mass is 16.6. The molecule has 1 aliphatic heterocycles. The van der Waals surface area contributed by atoms with E-state index in [9.17, 15) is 10.1 Å². The van der Waals surface area contributed by atoms with E-state index in [4.69, 9.17) is 10.5 Å². The predicted octanol–water partition coefficient (Wildman–Crippen LogP) is 1.11. The average molecular weight is 271 g/mol. The number of piperazine rings is 1. The summed E-state index contributed by atoms with van der Waals surface area (Å²) < 4.78 is 0. The van der Waals surface area contributed by atoms with Gasteiger partial charge in [-0.1, -0.05) is 0 Å². The second-order valence-electron chi connectivity index (χ2n) is 4.49. The standard InChI is InChI=1S/C13H13N5O2/c14-3-4-16-5-7-17(8-6-16)12-2-1-11(10-15)13(9-12)18(19)20/h1-2,9H,4-8H2. The Labute approximate surface area is 116 Å². The molecule has 0 saturated carbocycles. The topological polar surface area (TPSA) is 97.2 Å². The zero-order valence-electron chi connectivity index (χ0n) is 10.8. The third-order valence-corrected chi connectivity index (χ3v) is 3.33. The van der Waals surface area contributed by atoms with Gasteiger partial charge in [0.15, 0.2) is 0 Å². The van der Waals surface area contributed by atoms with Crippen LogP contribution < -0.4 is 4.90 Å². The molecule has 102 valence electrons. The Morgan fingerprint density at radius 1 is 1.25 bits per heavy atom. The molecule has 7 nitrogen and oxygen atoms in total. The SMILES string of the molecule is N#CCN1CCN(c2ccc(C#N)c([N+](=O)[O-])c2)CC1. The van der Waals surface area contributed by atoms with Gasteiger partial charge in [-0.2, -0.15) is 10.5 Å². The van der Waals surface area contributed by atoms with Crippen LogP contribution in [0.1, 0.15) is 5.56 Å². The van der Waals surface area contributed by atoms with Crippen LogP contribution in [-0.2, 0) is 0 Å². The summed E-state index contributed by atoms with van der Waals surface area (Å²) in [5.41, 5.74) is 0.652. The van der Waals surface area contributed by atoms with E-state index in [2.05, 4.69) is 6.07 Å². The Bertz CT molecular complexity index is 594. The number of hydrogen-bond donors (Lipinski definition) is 0. The molecule has 0 aliphatic carbocycles. The molecule has 0 atom stereocenters. The molecule has 1 heterocycles. The molecule has 2 rings (SSSR count). The van der Waals surface area contributed by atoms with E-state index >= 15 is 0 Å². The zero-order chi connectivity index (χ0) is 14.5. The molecule has 1 saturated heterocycles. The third-order valence-electron chi connectivity index (χ3n) is 3.33. The summed E-state index contributed by atoms with van der Waals surface area (Å²) in [7, 11) is 0. The van der Waals surface area contributed by atoms with Gasteiger partial charge in [-0.05, 0) is 12.1 Å². The normalized spacial score (nSPS) is 15.4. The van der Waals surface area contributed by atoms with Crippen LogP contribution in [0.4, 0.5) is 11.4 Å². The van der Waals surface area contributed by atoms with Gasteiger partial charge in [0, 0.05) is 37.9 Å². The first kappa shape index (κ1) is 13.8. The third kappa shape index (κ3) is 2.85. The largest absolute Gasteiger partial charge is 0.369 e. The molecule has 0 spiro atoms. The molecule has 20 heavy (non-hydrogen) atoms. The molecule has 0 amide bonds. The highest BCUT2D eigenvalue weighted by Gasteiger charge is 2.20. The first-order chi connectivity index (χ1) is 9.65. The molecule has 1 fully saturated rings. The van der Waals surface area contributed by atoms with Crippen LogP contribution >= 0.6 is 0 Å². The molecule has 1 aliphatic rings. The lowest BCUT2D eigenvalue weighted by Gasteiger charge is -2.34. The van der Waals surface area contributed by atoms with Crippen LogP contribution in [0, 0.1) is 32.8 Å². The van der Waals surface area contributed by atoms with Crippen LogP contribution in [0.3, 0.4) is 0 Å². The van der Waals surface area contributed by atoms with Gasteiger partial charge in [0.25, 0.3) is 5.69 Å². The van der Waals surface area contributed by atoms with Crippen molar-refractivity contribution in [1.82, 2.24) is 4.90 Å². The number of hydrogen-bond acceptors (Lipinski definition) is 6. The predicted molar refractivity (Wildman–Crippen MR) is 72.1 cm³/mol. The van der Waals surface area contributed by atoms with Crippen molar-refractivity contribution < 1.29 is 4.92 Å².